The fraction of sp³-hybridized carbons (Fsp3) is 0.400. The summed E-state index contributed by atoms with van der Waals surface area (Å²) in [7, 11) is 0. The fourth-order valence-electron chi connectivity index (χ4n) is 2.98. The van der Waals surface area contributed by atoms with E-state index in [1.54, 1.807) is 0 Å². The molecule has 0 saturated heterocycles. The fourth-order valence-corrected chi connectivity index (χ4v) is 2.98. The molecule has 102 valence electrons. The van der Waals surface area contributed by atoms with Crippen LogP contribution in [0, 0.1) is 5.92 Å². The highest BCUT2D eigenvalue weighted by Crippen LogP contribution is 2.41. The van der Waals surface area contributed by atoms with Crippen LogP contribution in [0.5, 0.6) is 0 Å². The standard InChI is InChI=1S/C15H17N5/c1-2-14(10-3-4-10)20-9-11(7-18-20)13-8-17-19-15-12(13)5-6-16-15/h5-10,14H,2-4H2,1H3,(H,16,19). The molecule has 3 heterocycles. The molecule has 1 fully saturated rings. The van der Waals surface area contributed by atoms with Gasteiger partial charge in [0.25, 0.3) is 0 Å². The molecular weight excluding hydrogens is 250 g/mol. The topological polar surface area (TPSA) is 59.4 Å². The summed E-state index contributed by atoms with van der Waals surface area (Å²) in [6, 6.07) is 2.58. The zero-order valence-corrected chi connectivity index (χ0v) is 11.5. The Morgan fingerprint density at radius 3 is 3.10 bits per heavy atom. The van der Waals surface area contributed by atoms with Crippen molar-refractivity contribution in [3.05, 3.63) is 30.9 Å². The van der Waals surface area contributed by atoms with Crippen LogP contribution in [0.1, 0.15) is 32.2 Å². The van der Waals surface area contributed by atoms with Crippen LogP contribution in [0.25, 0.3) is 22.2 Å². The molecule has 1 atom stereocenters. The molecule has 1 aliphatic carbocycles. The van der Waals surface area contributed by atoms with E-state index in [4.69, 9.17) is 0 Å². The van der Waals surface area contributed by atoms with Crippen molar-refractivity contribution >= 4 is 11.0 Å². The van der Waals surface area contributed by atoms with Crippen LogP contribution in [0.15, 0.2) is 30.9 Å². The van der Waals surface area contributed by atoms with E-state index in [0.29, 0.717) is 6.04 Å². The summed E-state index contributed by atoms with van der Waals surface area (Å²) in [6.45, 7) is 2.24. The van der Waals surface area contributed by atoms with E-state index in [9.17, 15) is 0 Å². The van der Waals surface area contributed by atoms with Crippen LogP contribution in [0.2, 0.25) is 0 Å². The van der Waals surface area contributed by atoms with Crippen molar-refractivity contribution in [2.75, 3.05) is 0 Å². The Morgan fingerprint density at radius 1 is 1.40 bits per heavy atom. The third kappa shape index (κ3) is 1.81. The number of aromatic nitrogens is 5. The maximum Gasteiger partial charge on any atom is 0.160 e. The molecule has 0 aliphatic heterocycles. The molecule has 4 rings (SSSR count). The van der Waals surface area contributed by atoms with Gasteiger partial charge in [0.1, 0.15) is 0 Å². The molecule has 1 unspecified atom stereocenters. The molecule has 20 heavy (non-hydrogen) atoms. The summed E-state index contributed by atoms with van der Waals surface area (Å²) >= 11 is 0. The van der Waals surface area contributed by atoms with Crippen molar-refractivity contribution in [2.45, 2.75) is 32.2 Å². The summed E-state index contributed by atoms with van der Waals surface area (Å²) < 4.78 is 2.13. The average molecular weight is 267 g/mol. The average Bonchev–Trinajstić information content (AvgIpc) is 3.01. The molecule has 1 aliphatic rings. The van der Waals surface area contributed by atoms with Gasteiger partial charge in [-0.3, -0.25) is 4.68 Å². The zero-order chi connectivity index (χ0) is 13.5. The Hall–Kier alpha value is -2.17. The number of H-pyrrole nitrogens is 1. The number of hydrogen-bond acceptors (Lipinski definition) is 3. The Labute approximate surface area is 117 Å². The SMILES string of the molecule is CCC(C1CC1)n1cc(-c2cnnc3[nH]ccc23)cn1. The first kappa shape index (κ1) is 11.6. The van der Waals surface area contributed by atoms with Gasteiger partial charge in [0, 0.05) is 28.9 Å². The van der Waals surface area contributed by atoms with E-state index in [0.717, 1.165) is 34.5 Å². The van der Waals surface area contributed by atoms with Gasteiger partial charge in [-0.05, 0) is 31.2 Å². The Morgan fingerprint density at radius 2 is 2.30 bits per heavy atom. The number of nitrogens with zero attached hydrogens (tertiary/aromatic N) is 4. The molecule has 3 aromatic heterocycles. The molecule has 0 spiro atoms. The second-order valence-corrected chi connectivity index (χ2v) is 5.52. The smallest absolute Gasteiger partial charge is 0.160 e. The lowest BCUT2D eigenvalue weighted by Gasteiger charge is -2.13. The first-order chi connectivity index (χ1) is 9.86. The molecule has 0 radical (unpaired) electrons. The van der Waals surface area contributed by atoms with Gasteiger partial charge >= 0.3 is 0 Å². The minimum Gasteiger partial charge on any atom is -0.345 e. The summed E-state index contributed by atoms with van der Waals surface area (Å²) in [5.41, 5.74) is 3.03. The van der Waals surface area contributed by atoms with Gasteiger partial charge in [-0.15, -0.1) is 5.10 Å². The lowest BCUT2D eigenvalue weighted by molar-refractivity contribution is 0.394. The highest BCUT2D eigenvalue weighted by Gasteiger charge is 2.31. The van der Waals surface area contributed by atoms with Crippen molar-refractivity contribution in [3.8, 4) is 11.1 Å². The summed E-state index contributed by atoms with van der Waals surface area (Å²) in [5, 5.41) is 13.8. The molecular formula is C15H17N5. The largest absolute Gasteiger partial charge is 0.345 e. The van der Waals surface area contributed by atoms with E-state index in [1.165, 1.54) is 12.8 Å². The first-order valence-electron chi connectivity index (χ1n) is 7.20. The molecule has 5 heteroatoms. The van der Waals surface area contributed by atoms with Crippen LogP contribution in [0.3, 0.4) is 0 Å². The number of aromatic amines is 1. The van der Waals surface area contributed by atoms with Gasteiger partial charge in [-0.1, -0.05) is 6.92 Å². The molecule has 3 aromatic rings. The van der Waals surface area contributed by atoms with Crippen LogP contribution >= 0.6 is 0 Å². The van der Waals surface area contributed by atoms with E-state index >= 15 is 0 Å². The van der Waals surface area contributed by atoms with Crippen LogP contribution in [-0.2, 0) is 0 Å². The minimum absolute atomic E-state index is 0.542. The van der Waals surface area contributed by atoms with E-state index in [-0.39, 0.29) is 0 Å². The van der Waals surface area contributed by atoms with E-state index in [2.05, 4.69) is 38.1 Å². The summed E-state index contributed by atoms with van der Waals surface area (Å²) in [4.78, 5) is 3.10. The highest BCUT2D eigenvalue weighted by atomic mass is 15.3. The molecule has 1 saturated carbocycles. The Balaban J connectivity index is 1.75. The molecule has 5 nitrogen and oxygen atoms in total. The highest BCUT2D eigenvalue weighted by molar-refractivity contribution is 5.91. The van der Waals surface area contributed by atoms with Gasteiger partial charge in [-0.25, -0.2) is 0 Å². The Kier molecular flexibility index (Phi) is 2.58. The monoisotopic (exact) mass is 267 g/mol. The number of nitrogens with one attached hydrogen (secondary N) is 1. The van der Waals surface area contributed by atoms with Crippen LogP contribution in [-0.4, -0.2) is 25.0 Å². The van der Waals surface area contributed by atoms with Crippen molar-refractivity contribution in [2.24, 2.45) is 5.92 Å². The van der Waals surface area contributed by atoms with Gasteiger partial charge in [0.2, 0.25) is 0 Å². The third-order valence-corrected chi connectivity index (χ3v) is 4.20. The maximum atomic E-state index is 4.57. The quantitative estimate of drug-likeness (QED) is 0.789. The van der Waals surface area contributed by atoms with Crippen LogP contribution in [0.4, 0.5) is 0 Å². The van der Waals surface area contributed by atoms with Crippen molar-refractivity contribution in [3.63, 3.8) is 0 Å². The minimum atomic E-state index is 0.542. The lowest BCUT2D eigenvalue weighted by Crippen LogP contribution is -2.10. The number of hydrogen-bond donors (Lipinski definition) is 1. The van der Waals surface area contributed by atoms with Gasteiger partial charge in [-0.2, -0.15) is 10.2 Å². The van der Waals surface area contributed by atoms with Crippen LogP contribution < -0.4 is 0 Å². The Bertz CT molecular complexity index is 737. The summed E-state index contributed by atoms with van der Waals surface area (Å²) in [6.07, 6.45) is 11.6. The van der Waals surface area contributed by atoms with E-state index in [1.807, 2.05) is 24.7 Å². The van der Waals surface area contributed by atoms with Gasteiger partial charge in [0.05, 0.1) is 18.4 Å². The third-order valence-electron chi connectivity index (χ3n) is 4.20. The van der Waals surface area contributed by atoms with Crippen molar-refractivity contribution in [1.82, 2.24) is 25.0 Å². The first-order valence-corrected chi connectivity index (χ1v) is 7.20. The number of fused-ring (bicyclic) bond motifs is 1. The predicted octanol–water partition coefficient (Wildman–Crippen LogP) is 3.18. The normalized spacial score (nSPS) is 16.6. The van der Waals surface area contributed by atoms with Gasteiger partial charge in [0.15, 0.2) is 5.65 Å². The second kappa shape index (κ2) is 4.44. The van der Waals surface area contributed by atoms with Crippen molar-refractivity contribution in [1.29, 1.82) is 0 Å². The molecule has 0 amide bonds. The van der Waals surface area contributed by atoms with E-state index < -0.39 is 0 Å². The molecule has 0 aromatic carbocycles. The van der Waals surface area contributed by atoms with Crippen molar-refractivity contribution < 1.29 is 0 Å². The predicted molar refractivity (Wildman–Crippen MR) is 77.2 cm³/mol. The zero-order valence-electron chi connectivity index (χ0n) is 11.5. The lowest BCUT2D eigenvalue weighted by atomic mass is 10.1. The summed E-state index contributed by atoms with van der Waals surface area (Å²) in [5.74, 6) is 0.815. The maximum absolute atomic E-state index is 4.57. The molecule has 1 N–H and O–H groups in total. The molecule has 0 bridgehead atoms. The number of rotatable bonds is 4. The van der Waals surface area contributed by atoms with Gasteiger partial charge < -0.3 is 4.98 Å². The second-order valence-electron chi connectivity index (χ2n) is 5.52.